The molecular weight excluding hydrogens is 266 g/mol. The highest BCUT2D eigenvalue weighted by molar-refractivity contribution is 5.92. The normalized spacial score (nSPS) is 10.4. The smallest absolute Gasteiger partial charge is 0.228 e. The van der Waals surface area contributed by atoms with Gasteiger partial charge >= 0.3 is 0 Å². The van der Waals surface area contributed by atoms with Gasteiger partial charge in [-0.05, 0) is 43.7 Å². The number of aromatic nitrogens is 1. The van der Waals surface area contributed by atoms with Crippen LogP contribution in [-0.2, 0) is 11.2 Å². The van der Waals surface area contributed by atoms with Gasteiger partial charge in [-0.1, -0.05) is 12.1 Å². The van der Waals surface area contributed by atoms with Gasteiger partial charge in [-0.25, -0.2) is 4.98 Å². The van der Waals surface area contributed by atoms with Crippen LogP contribution in [0.4, 0.5) is 11.5 Å². The zero-order valence-corrected chi connectivity index (χ0v) is 12.2. The van der Waals surface area contributed by atoms with Crippen LogP contribution in [0.25, 0.3) is 0 Å². The maximum absolute atomic E-state index is 12.0. The van der Waals surface area contributed by atoms with E-state index in [0.717, 1.165) is 11.3 Å². The van der Waals surface area contributed by atoms with Crippen LogP contribution < -0.4 is 15.8 Å². The molecule has 0 saturated carbocycles. The van der Waals surface area contributed by atoms with Crippen LogP contribution in [-0.4, -0.2) is 17.0 Å². The Morgan fingerprint density at radius 3 is 2.81 bits per heavy atom. The van der Waals surface area contributed by atoms with Gasteiger partial charge in [-0.15, -0.1) is 0 Å². The molecule has 0 aliphatic carbocycles. The monoisotopic (exact) mass is 285 g/mol. The van der Waals surface area contributed by atoms with Crippen molar-refractivity contribution in [3.05, 3.63) is 48.2 Å². The number of pyridine rings is 1. The zero-order chi connectivity index (χ0) is 15.2. The Bertz CT molecular complexity index is 609. The first kappa shape index (κ1) is 14.8. The first-order valence-electron chi connectivity index (χ1n) is 6.80. The van der Waals surface area contributed by atoms with Crippen LogP contribution in [0.1, 0.15) is 19.4 Å². The molecule has 1 amide bonds. The molecule has 2 rings (SSSR count). The van der Waals surface area contributed by atoms with Crippen molar-refractivity contribution in [3.8, 4) is 5.75 Å². The molecule has 0 saturated heterocycles. The fraction of sp³-hybridized carbons (Fsp3) is 0.250. The molecule has 2 aromatic rings. The number of ether oxygens (including phenoxy) is 1. The molecule has 0 aliphatic heterocycles. The number of hydrogen-bond acceptors (Lipinski definition) is 4. The van der Waals surface area contributed by atoms with E-state index >= 15 is 0 Å². The summed E-state index contributed by atoms with van der Waals surface area (Å²) in [6.07, 6.45) is 1.92. The Morgan fingerprint density at radius 1 is 1.33 bits per heavy atom. The number of amides is 1. The standard InChI is InChI=1S/C16H19N3O2/c1-11(2)21-14-5-3-4-12(8-14)9-16(20)19-13-6-7-15(17)18-10-13/h3-8,10-11H,9H2,1-2H3,(H2,17,18)(H,19,20). The summed E-state index contributed by atoms with van der Waals surface area (Å²) in [5.74, 6) is 1.08. The number of rotatable bonds is 5. The summed E-state index contributed by atoms with van der Waals surface area (Å²) in [5.41, 5.74) is 7.03. The Kier molecular flexibility index (Phi) is 4.77. The molecule has 1 heterocycles. The largest absolute Gasteiger partial charge is 0.491 e. The minimum Gasteiger partial charge on any atom is -0.491 e. The molecular formula is C16H19N3O2. The molecule has 3 N–H and O–H groups in total. The predicted molar refractivity (Wildman–Crippen MR) is 83.2 cm³/mol. The van der Waals surface area contributed by atoms with Crippen molar-refractivity contribution in [1.29, 1.82) is 0 Å². The van der Waals surface area contributed by atoms with E-state index in [-0.39, 0.29) is 18.4 Å². The summed E-state index contributed by atoms with van der Waals surface area (Å²) < 4.78 is 5.61. The quantitative estimate of drug-likeness (QED) is 0.885. The Labute approximate surface area is 124 Å². The van der Waals surface area contributed by atoms with Gasteiger partial charge in [0, 0.05) is 0 Å². The van der Waals surface area contributed by atoms with E-state index < -0.39 is 0 Å². The van der Waals surface area contributed by atoms with Gasteiger partial charge in [0.15, 0.2) is 0 Å². The molecule has 5 nitrogen and oxygen atoms in total. The van der Waals surface area contributed by atoms with Crippen molar-refractivity contribution in [1.82, 2.24) is 4.98 Å². The van der Waals surface area contributed by atoms with E-state index in [4.69, 9.17) is 10.5 Å². The number of hydrogen-bond donors (Lipinski definition) is 2. The van der Waals surface area contributed by atoms with Crippen molar-refractivity contribution in [3.63, 3.8) is 0 Å². The van der Waals surface area contributed by atoms with Crippen LogP contribution in [0.15, 0.2) is 42.6 Å². The second kappa shape index (κ2) is 6.74. The topological polar surface area (TPSA) is 77.2 Å². The summed E-state index contributed by atoms with van der Waals surface area (Å²) >= 11 is 0. The van der Waals surface area contributed by atoms with Gasteiger partial charge in [0.2, 0.25) is 5.91 Å². The van der Waals surface area contributed by atoms with E-state index in [1.54, 1.807) is 12.1 Å². The van der Waals surface area contributed by atoms with Gasteiger partial charge in [0.1, 0.15) is 11.6 Å². The first-order chi connectivity index (χ1) is 10.0. The average molecular weight is 285 g/mol. The third-order valence-corrected chi connectivity index (χ3v) is 2.71. The SMILES string of the molecule is CC(C)Oc1cccc(CC(=O)Nc2ccc(N)nc2)c1. The number of carbonyl (C=O) groups is 1. The van der Waals surface area contributed by atoms with Crippen molar-refractivity contribution < 1.29 is 9.53 Å². The molecule has 0 atom stereocenters. The fourth-order valence-corrected chi connectivity index (χ4v) is 1.87. The van der Waals surface area contributed by atoms with Crippen molar-refractivity contribution in [2.24, 2.45) is 0 Å². The lowest BCUT2D eigenvalue weighted by atomic mass is 10.1. The summed E-state index contributed by atoms with van der Waals surface area (Å²) in [7, 11) is 0. The predicted octanol–water partition coefficient (Wildman–Crippen LogP) is 2.63. The number of anilines is 2. The molecule has 1 aromatic carbocycles. The Morgan fingerprint density at radius 2 is 2.14 bits per heavy atom. The van der Waals surface area contributed by atoms with Crippen molar-refractivity contribution >= 4 is 17.4 Å². The van der Waals surface area contributed by atoms with E-state index in [0.29, 0.717) is 11.5 Å². The molecule has 0 fully saturated rings. The number of nitrogens with zero attached hydrogens (tertiary/aromatic N) is 1. The van der Waals surface area contributed by atoms with Crippen molar-refractivity contribution in [2.45, 2.75) is 26.4 Å². The number of benzene rings is 1. The third kappa shape index (κ3) is 4.80. The molecule has 0 spiro atoms. The lowest BCUT2D eigenvalue weighted by molar-refractivity contribution is -0.115. The van der Waals surface area contributed by atoms with Crippen LogP contribution in [0, 0.1) is 0 Å². The van der Waals surface area contributed by atoms with Gasteiger partial charge in [-0.2, -0.15) is 0 Å². The third-order valence-electron chi connectivity index (χ3n) is 2.71. The van der Waals surface area contributed by atoms with E-state index in [9.17, 15) is 4.79 Å². The zero-order valence-electron chi connectivity index (χ0n) is 12.2. The fourth-order valence-electron chi connectivity index (χ4n) is 1.87. The molecule has 0 aliphatic rings. The van der Waals surface area contributed by atoms with Crippen LogP contribution >= 0.6 is 0 Å². The lowest BCUT2D eigenvalue weighted by Gasteiger charge is -2.11. The Balaban J connectivity index is 1.97. The number of nitrogens with one attached hydrogen (secondary N) is 1. The highest BCUT2D eigenvalue weighted by Crippen LogP contribution is 2.16. The summed E-state index contributed by atoms with van der Waals surface area (Å²) in [6.45, 7) is 3.93. The van der Waals surface area contributed by atoms with Gasteiger partial charge < -0.3 is 15.8 Å². The molecule has 0 unspecified atom stereocenters. The molecule has 0 radical (unpaired) electrons. The minimum absolute atomic E-state index is 0.106. The van der Waals surface area contributed by atoms with E-state index in [1.807, 2.05) is 38.1 Å². The summed E-state index contributed by atoms with van der Waals surface area (Å²) in [5, 5.41) is 2.78. The molecule has 0 bridgehead atoms. The highest BCUT2D eigenvalue weighted by atomic mass is 16.5. The maximum Gasteiger partial charge on any atom is 0.228 e. The van der Waals surface area contributed by atoms with Crippen LogP contribution in [0.5, 0.6) is 5.75 Å². The summed E-state index contributed by atoms with van der Waals surface area (Å²) in [6, 6.07) is 10.9. The Hall–Kier alpha value is -2.56. The van der Waals surface area contributed by atoms with E-state index in [2.05, 4.69) is 10.3 Å². The highest BCUT2D eigenvalue weighted by Gasteiger charge is 2.06. The number of carbonyl (C=O) groups excluding carboxylic acids is 1. The molecule has 5 heteroatoms. The maximum atomic E-state index is 12.0. The van der Waals surface area contributed by atoms with Gasteiger partial charge in [0.05, 0.1) is 24.4 Å². The second-order valence-corrected chi connectivity index (χ2v) is 5.01. The van der Waals surface area contributed by atoms with Crippen LogP contribution in [0.3, 0.4) is 0 Å². The average Bonchev–Trinajstić information content (AvgIpc) is 2.41. The van der Waals surface area contributed by atoms with E-state index in [1.165, 1.54) is 6.20 Å². The first-order valence-corrected chi connectivity index (χ1v) is 6.80. The van der Waals surface area contributed by atoms with Gasteiger partial charge in [0.25, 0.3) is 0 Å². The molecule has 1 aromatic heterocycles. The van der Waals surface area contributed by atoms with Crippen molar-refractivity contribution in [2.75, 3.05) is 11.1 Å². The summed E-state index contributed by atoms with van der Waals surface area (Å²) in [4.78, 5) is 15.9. The second-order valence-electron chi connectivity index (χ2n) is 5.01. The number of nitrogens with two attached hydrogens (primary N) is 1. The minimum atomic E-state index is -0.108. The van der Waals surface area contributed by atoms with Crippen LogP contribution in [0.2, 0.25) is 0 Å². The lowest BCUT2D eigenvalue weighted by Crippen LogP contribution is -2.14. The number of nitrogen functional groups attached to an aromatic ring is 1. The molecule has 110 valence electrons. The molecule has 21 heavy (non-hydrogen) atoms. The van der Waals surface area contributed by atoms with Gasteiger partial charge in [-0.3, -0.25) is 4.79 Å².